The quantitative estimate of drug-likeness (QED) is 0.606. The maximum atomic E-state index is 13.8. The number of carbonyl (C=O) groups excluding carboxylic acids is 1. The van der Waals surface area contributed by atoms with Crippen molar-refractivity contribution in [2.75, 3.05) is 36.8 Å². The molecular weight excluding hydrogens is 487 g/mol. The minimum Gasteiger partial charge on any atom is -0.426 e. The molecule has 3 N–H and O–H groups in total. The van der Waals surface area contributed by atoms with Crippen molar-refractivity contribution < 1.29 is 31.1 Å². The SMILES string of the molecule is CC#C[C@H]1CN(S(=O)(=O)c2ccc(N)nc2)CCN1c1ccc([C@@]2(C(F)(F)F)CNC(=O)O2)cc1. The molecule has 1 aromatic heterocycles. The van der Waals surface area contributed by atoms with Gasteiger partial charge in [-0.15, -0.1) is 5.92 Å². The minimum absolute atomic E-state index is 0.00452. The summed E-state index contributed by atoms with van der Waals surface area (Å²) in [6.07, 6.45) is -4.77. The van der Waals surface area contributed by atoms with Gasteiger partial charge in [-0.05, 0) is 31.2 Å². The summed E-state index contributed by atoms with van der Waals surface area (Å²) >= 11 is 0. The highest BCUT2D eigenvalue weighted by molar-refractivity contribution is 7.89. The number of piperazine rings is 1. The number of amides is 1. The van der Waals surface area contributed by atoms with Gasteiger partial charge in [-0.25, -0.2) is 18.2 Å². The lowest BCUT2D eigenvalue weighted by Crippen LogP contribution is -2.54. The molecule has 2 fully saturated rings. The van der Waals surface area contributed by atoms with Crippen LogP contribution in [0.2, 0.25) is 0 Å². The van der Waals surface area contributed by atoms with Crippen molar-refractivity contribution in [1.82, 2.24) is 14.6 Å². The average Bonchev–Trinajstić information content (AvgIpc) is 3.23. The van der Waals surface area contributed by atoms with E-state index >= 15 is 0 Å². The predicted octanol–water partition coefficient (Wildman–Crippen LogP) is 2.06. The fraction of sp³-hybridized carbons (Fsp3) is 0.364. The Labute approximate surface area is 200 Å². The van der Waals surface area contributed by atoms with Crippen LogP contribution in [0.3, 0.4) is 0 Å². The van der Waals surface area contributed by atoms with E-state index in [0.717, 1.165) is 0 Å². The summed E-state index contributed by atoms with van der Waals surface area (Å²) in [5.74, 6) is 5.96. The standard InChI is InChI=1S/C22H22F3N5O4S/c1-2-3-17-13-29(35(32,33)18-8-9-19(26)27-12-18)10-11-30(17)16-6-4-15(5-7-16)21(22(23,24)25)14-28-20(31)34-21/h4-9,12,17H,10-11,13-14H2,1H3,(H2,26,27)(H,28,31)/t17-,21+/m0/s1. The second-order valence-corrected chi connectivity index (χ2v) is 9.94. The van der Waals surface area contributed by atoms with E-state index in [2.05, 4.69) is 26.9 Å². The van der Waals surface area contributed by atoms with Crippen LogP contribution in [0.4, 0.5) is 29.5 Å². The van der Waals surface area contributed by atoms with Crippen molar-refractivity contribution >= 4 is 27.6 Å². The van der Waals surface area contributed by atoms with Crippen LogP contribution in [0.5, 0.6) is 0 Å². The van der Waals surface area contributed by atoms with Crippen LogP contribution in [-0.2, 0) is 20.4 Å². The van der Waals surface area contributed by atoms with Gasteiger partial charge in [-0.3, -0.25) is 0 Å². The number of nitrogens with zero attached hydrogens (tertiary/aromatic N) is 3. The van der Waals surface area contributed by atoms with Gasteiger partial charge in [0.25, 0.3) is 5.60 Å². The van der Waals surface area contributed by atoms with Crippen LogP contribution < -0.4 is 16.0 Å². The van der Waals surface area contributed by atoms with E-state index in [1.54, 1.807) is 6.92 Å². The maximum absolute atomic E-state index is 13.8. The number of sulfonamides is 1. The number of benzene rings is 1. The van der Waals surface area contributed by atoms with Crippen molar-refractivity contribution in [2.24, 2.45) is 0 Å². The number of anilines is 2. The molecule has 1 amide bonds. The van der Waals surface area contributed by atoms with Crippen LogP contribution in [0.15, 0.2) is 47.5 Å². The zero-order chi connectivity index (χ0) is 25.4. The van der Waals surface area contributed by atoms with Gasteiger partial charge in [-0.1, -0.05) is 18.1 Å². The summed E-state index contributed by atoms with van der Waals surface area (Å²) in [4.78, 5) is 17.1. The molecule has 2 atom stereocenters. The van der Waals surface area contributed by atoms with Crippen LogP contribution in [0, 0.1) is 11.8 Å². The Morgan fingerprint density at radius 2 is 1.91 bits per heavy atom. The van der Waals surface area contributed by atoms with E-state index in [-0.39, 0.29) is 35.9 Å². The second-order valence-electron chi connectivity index (χ2n) is 8.00. The molecular formula is C22H22F3N5O4S. The third kappa shape index (κ3) is 4.46. The first-order chi connectivity index (χ1) is 16.5. The summed E-state index contributed by atoms with van der Waals surface area (Å²) in [7, 11) is -3.84. The highest BCUT2D eigenvalue weighted by atomic mass is 32.2. The van der Waals surface area contributed by atoms with Crippen molar-refractivity contribution in [3.05, 3.63) is 48.2 Å². The molecule has 9 nitrogen and oxygen atoms in total. The number of halogens is 3. The first-order valence-corrected chi connectivity index (χ1v) is 12.0. The Balaban J connectivity index is 1.58. The Morgan fingerprint density at radius 1 is 1.20 bits per heavy atom. The highest BCUT2D eigenvalue weighted by Gasteiger charge is 2.62. The first kappa shape index (κ1) is 24.6. The third-order valence-electron chi connectivity index (χ3n) is 5.92. The number of nitrogens with one attached hydrogen (secondary N) is 1. The number of hydrogen-bond acceptors (Lipinski definition) is 7. The summed E-state index contributed by atoms with van der Waals surface area (Å²) < 4.78 is 73.4. The van der Waals surface area contributed by atoms with E-state index in [0.29, 0.717) is 5.69 Å². The zero-order valence-corrected chi connectivity index (χ0v) is 19.4. The number of alkyl carbamates (subject to hydrolysis) is 1. The molecule has 2 aromatic rings. The molecule has 0 bridgehead atoms. The van der Waals surface area contributed by atoms with Gasteiger partial charge in [-0.2, -0.15) is 17.5 Å². The summed E-state index contributed by atoms with van der Waals surface area (Å²) in [5.41, 5.74) is 3.11. The lowest BCUT2D eigenvalue weighted by molar-refractivity contribution is -0.250. The van der Waals surface area contributed by atoms with Gasteiger partial charge < -0.3 is 20.7 Å². The van der Waals surface area contributed by atoms with Crippen molar-refractivity contribution in [3.63, 3.8) is 0 Å². The number of hydrogen-bond donors (Lipinski definition) is 2. The number of carbonyl (C=O) groups is 1. The molecule has 0 radical (unpaired) electrons. The smallest absolute Gasteiger partial charge is 0.426 e. The van der Waals surface area contributed by atoms with Crippen LogP contribution in [0.1, 0.15) is 12.5 Å². The number of aromatic nitrogens is 1. The molecule has 0 spiro atoms. The van der Waals surface area contributed by atoms with Gasteiger partial charge in [0.15, 0.2) is 0 Å². The lowest BCUT2D eigenvalue weighted by Gasteiger charge is -2.40. The van der Waals surface area contributed by atoms with E-state index in [1.807, 2.05) is 4.90 Å². The number of nitrogen functional groups attached to an aromatic ring is 1. The third-order valence-corrected chi connectivity index (χ3v) is 7.77. The molecule has 0 saturated carbocycles. The van der Waals surface area contributed by atoms with E-state index < -0.39 is 40.5 Å². The summed E-state index contributed by atoms with van der Waals surface area (Å²) in [5, 5.41) is 2.07. The maximum Gasteiger partial charge on any atom is 0.434 e. The normalized spacial score (nSPS) is 23.3. The molecule has 35 heavy (non-hydrogen) atoms. The monoisotopic (exact) mass is 509 g/mol. The molecule has 0 unspecified atom stereocenters. The second kappa shape index (κ2) is 8.94. The van der Waals surface area contributed by atoms with Crippen LogP contribution in [0.25, 0.3) is 0 Å². The molecule has 1 aromatic carbocycles. The van der Waals surface area contributed by atoms with E-state index in [1.165, 1.54) is 46.9 Å². The predicted molar refractivity (Wildman–Crippen MR) is 121 cm³/mol. The van der Waals surface area contributed by atoms with Gasteiger partial charge in [0, 0.05) is 37.1 Å². The van der Waals surface area contributed by atoms with Crippen molar-refractivity contribution in [1.29, 1.82) is 0 Å². The number of alkyl halides is 3. The highest BCUT2D eigenvalue weighted by Crippen LogP contribution is 2.44. The molecule has 3 heterocycles. The molecule has 4 rings (SSSR count). The van der Waals surface area contributed by atoms with Gasteiger partial charge in [0.2, 0.25) is 10.0 Å². The number of pyridine rings is 1. The van der Waals surface area contributed by atoms with Gasteiger partial charge in [0.1, 0.15) is 16.8 Å². The van der Waals surface area contributed by atoms with Gasteiger partial charge >= 0.3 is 12.3 Å². The Kier molecular flexibility index (Phi) is 6.29. The lowest BCUT2D eigenvalue weighted by atomic mass is 9.93. The molecule has 0 aliphatic carbocycles. The zero-order valence-electron chi connectivity index (χ0n) is 18.5. The molecule has 2 aliphatic heterocycles. The van der Waals surface area contributed by atoms with E-state index in [9.17, 15) is 26.4 Å². The number of nitrogens with two attached hydrogens (primary N) is 1. The average molecular weight is 510 g/mol. The van der Waals surface area contributed by atoms with Crippen molar-refractivity contribution in [2.45, 2.75) is 29.6 Å². The molecule has 2 aliphatic rings. The topological polar surface area (TPSA) is 118 Å². The van der Waals surface area contributed by atoms with Crippen LogP contribution in [-0.4, -0.2) is 62.2 Å². The van der Waals surface area contributed by atoms with E-state index in [4.69, 9.17) is 5.73 Å². The summed E-state index contributed by atoms with van der Waals surface area (Å²) in [6, 6.07) is 7.70. The number of rotatable bonds is 4. The Morgan fingerprint density at radius 3 is 2.46 bits per heavy atom. The number of cyclic esters (lactones) is 1. The van der Waals surface area contributed by atoms with Crippen molar-refractivity contribution in [3.8, 4) is 11.8 Å². The Hall–Kier alpha value is -3.50. The largest absolute Gasteiger partial charge is 0.434 e. The minimum atomic E-state index is -4.82. The first-order valence-electron chi connectivity index (χ1n) is 10.5. The van der Waals surface area contributed by atoms with Gasteiger partial charge in [0.05, 0.1) is 6.54 Å². The fourth-order valence-electron chi connectivity index (χ4n) is 4.10. The molecule has 2 saturated heterocycles. The number of ether oxygens (including phenoxy) is 1. The Bertz CT molecular complexity index is 1270. The summed E-state index contributed by atoms with van der Waals surface area (Å²) in [6.45, 7) is 1.32. The fourth-order valence-corrected chi connectivity index (χ4v) is 5.48. The van der Waals surface area contributed by atoms with Crippen LogP contribution >= 0.6 is 0 Å². The molecule has 186 valence electrons. The molecule has 13 heteroatoms.